The van der Waals surface area contributed by atoms with Crippen molar-refractivity contribution in [3.8, 4) is 0 Å². The molecule has 0 aromatic heterocycles. The van der Waals surface area contributed by atoms with Gasteiger partial charge in [0.1, 0.15) is 0 Å². The Hall–Kier alpha value is -0.590. The number of hydrogen-bond donors (Lipinski definition) is 0. The Morgan fingerprint density at radius 1 is 1.30 bits per heavy atom. The van der Waals surface area contributed by atoms with E-state index in [1.807, 2.05) is 6.21 Å². The predicted molar refractivity (Wildman–Crippen MR) is 45.3 cm³/mol. The van der Waals surface area contributed by atoms with Gasteiger partial charge >= 0.3 is 0 Å². The second-order valence-electron chi connectivity index (χ2n) is 3.73. The lowest BCUT2D eigenvalue weighted by Gasteiger charge is -2.20. The van der Waals surface area contributed by atoms with Crippen LogP contribution in [-0.2, 0) is 0 Å². The number of nitrogens with zero attached hydrogens (tertiary/aromatic N) is 1. The van der Waals surface area contributed by atoms with Gasteiger partial charge in [-0.1, -0.05) is 26.8 Å². The minimum absolute atomic E-state index is 0.233. The summed E-state index contributed by atoms with van der Waals surface area (Å²) in [5.41, 5.74) is 1.47. The molecule has 10 heavy (non-hydrogen) atoms. The molecule has 0 radical (unpaired) electrons. The van der Waals surface area contributed by atoms with E-state index < -0.39 is 0 Å². The first-order chi connectivity index (χ1) is 4.61. The predicted octanol–water partition coefficient (Wildman–Crippen LogP) is 2.78. The van der Waals surface area contributed by atoms with Crippen LogP contribution in [0.4, 0.5) is 0 Å². The molecule has 0 N–H and O–H groups in total. The van der Waals surface area contributed by atoms with Crippen LogP contribution in [0.2, 0.25) is 0 Å². The second-order valence-corrected chi connectivity index (χ2v) is 3.73. The fraction of sp³-hybridized carbons (Fsp3) is 0.667. The third-order valence-corrected chi connectivity index (χ3v) is 1.63. The molecule has 0 saturated carbocycles. The van der Waals surface area contributed by atoms with Crippen LogP contribution < -0.4 is 0 Å². The molecule has 0 atom stereocenters. The van der Waals surface area contributed by atoms with Gasteiger partial charge in [0.2, 0.25) is 0 Å². The van der Waals surface area contributed by atoms with Crippen LogP contribution in [0.1, 0.15) is 33.6 Å². The molecule has 0 aliphatic carbocycles. The molecule has 0 fully saturated rings. The van der Waals surface area contributed by atoms with E-state index >= 15 is 0 Å². The zero-order valence-corrected chi connectivity index (χ0v) is 7.02. The van der Waals surface area contributed by atoms with Gasteiger partial charge < -0.3 is 0 Å². The molecule has 0 bridgehead atoms. The first-order valence-electron chi connectivity index (χ1n) is 3.84. The summed E-state index contributed by atoms with van der Waals surface area (Å²) in [6, 6.07) is 0. The lowest BCUT2D eigenvalue weighted by atomic mass is 9.90. The molecule has 0 unspecified atom stereocenters. The van der Waals surface area contributed by atoms with E-state index in [1.54, 1.807) is 0 Å². The Balaban J connectivity index is 2.73. The topological polar surface area (TPSA) is 12.4 Å². The Morgan fingerprint density at radius 3 is 2.30 bits per heavy atom. The molecule has 1 nitrogen and oxygen atoms in total. The normalized spacial score (nSPS) is 18.9. The van der Waals surface area contributed by atoms with Crippen LogP contribution in [0.25, 0.3) is 0 Å². The average molecular weight is 137 g/mol. The van der Waals surface area contributed by atoms with Crippen LogP contribution in [0, 0.1) is 5.41 Å². The summed E-state index contributed by atoms with van der Waals surface area (Å²) >= 11 is 0. The number of hydrogen-bond acceptors (Lipinski definition) is 1. The second kappa shape index (κ2) is 2.57. The average Bonchev–Trinajstić information content (AvgIpc) is 1.88. The number of aliphatic imine (C=N–C) groups is 1. The Kier molecular flexibility index (Phi) is 1.93. The summed E-state index contributed by atoms with van der Waals surface area (Å²) in [5.74, 6) is 0. The fourth-order valence-corrected chi connectivity index (χ4v) is 1.01. The van der Waals surface area contributed by atoms with Crippen molar-refractivity contribution < 1.29 is 0 Å². The van der Waals surface area contributed by atoms with E-state index in [0.717, 1.165) is 12.8 Å². The highest BCUT2D eigenvalue weighted by molar-refractivity contribution is 5.61. The summed E-state index contributed by atoms with van der Waals surface area (Å²) in [7, 11) is 0. The van der Waals surface area contributed by atoms with Crippen LogP contribution >= 0.6 is 0 Å². The molecule has 0 amide bonds. The first kappa shape index (κ1) is 7.52. The smallest absolute Gasteiger partial charge is 0.0413 e. The van der Waals surface area contributed by atoms with Crippen molar-refractivity contribution in [1.29, 1.82) is 0 Å². The quantitative estimate of drug-likeness (QED) is 0.487. The summed E-state index contributed by atoms with van der Waals surface area (Å²) in [6.45, 7) is 6.59. The van der Waals surface area contributed by atoms with E-state index in [-0.39, 0.29) is 5.41 Å². The lowest BCUT2D eigenvalue weighted by Crippen LogP contribution is -2.09. The van der Waals surface area contributed by atoms with E-state index in [0.29, 0.717) is 0 Å². The minimum Gasteiger partial charge on any atom is -0.265 e. The van der Waals surface area contributed by atoms with Gasteiger partial charge in [-0.05, 0) is 12.8 Å². The van der Waals surface area contributed by atoms with E-state index in [9.17, 15) is 0 Å². The zero-order valence-electron chi connectivity index (χ0n) is 7.02. The lowest BCUT2D eigenvalue weighted by molar-refractivity contribution is 0.494. The highest BCUT2D eigenvalue weighted by atomic mass is 14.8. The SMILES string of the molecule is CC(C)(C)C1=CCCC=N1. The molecule has 0 spiro atoms. The molecular weight excluding hydrogens is 122 g/mol. The molecule has 56 valence electrons. The van der Waals surface area contributed by atoms with Crippen molar-refractivity contribution in [3.63, 3.8) is 0 Å². The molecule has 0 aromatic rings. The van der Waals surface area contributed by atoms with Crippen LogP contribution in [-0.4, -0.2) is 6.21 Å². The molecule has 1 heterocycles. The van der Waals surface area contributed by atoms with E-state index in [1.165, 1.54) is 5.70 Å². The molecule has 1 rings (SSSR count). The summed E-state index contributed by atoms with van der Waals surface area (Å²) in [4.78, 5) is 4.34. The molecule has 1 aliphatic heterocycles. The highest BCUT2D eigenvalue weighted by Crippen LogP contribution is 2.27. The van der Waals surface area contributed by atoms with Crippen molar-refractivity contribution in [2.75, 3.05) is 0 Å². The maximum atomic E-state index is 4.34. The summed E-state index contributed by atoms with van der Waals surface area (Å²) < 4.78 is 0. The van der Waals surface area contributed by atoms with Crippen molar-refractivity contribution in [2.45, 2.75) is 33.6 Å². The van der Waals surface area contributed by atoms with Crippen LogP contribution in [0.3, 0.4) is 0 Å². The Morgan fingerprint density at radius 2 is 2.00 bits per heavy atom. The zero-order chi connectivity index (χ0) is 7.61. The largest absolute Gasteiger partial charge is 0.265 e. The maximum Gasteiger partial charge on any atom is 0.0413 e. The standard InChI is InChI=1S/C9H15N/c1-9(2,3)8-6-4-5-7-10-8/h6-7H,4-5H2,1-3H3. The van der Waals surface area contributed by atoms with Gasteiger partial charge in [-0.3, -0.25) is 4.99 Å². The molecule has 0 saturated heterocycles. The minimum atomic E-state index is 0.233. The van der Waals surface area contributed by atoms with Gasteiger partial charge in [-0.25, -0.2) is 0 Å². The van der Waals surface area contributed by atoms with Crippen molar-refractivity contribution in [3.05, 3.63) is 11.8 Å². The first-order valence-corrected chi connectivity index (χ1v) is 3.84. The summed E-state index contributed by atoms with van der Waals surface area (Å²) in [6.07, 6.45) is 6.52. The van der Waals surface area contributed by atoms with Gasteiger partial charge in [0, 0.05) is 17.3 Å². The van der Waals surface area contributed by atoms with E-state index in [2.05, 4.69) is 31.8 Å². The molecular formula is C9H15N. The number of rotatable bonds is 0. The third kappa shape index (κ3) is 1.69. The third-order valence-electron chi connectivity index (χ3n) is 1.63. The van der Waals surface area contributed by atoms with Gasteiger partial charge in [-0.2, -0.15) is 0 Å². The van der Waals surface area contributed by atoms with Gasteiger partial charge in [0.25, 0.3) is 0 Å². The summed E-state index contributed by atoms with van der Waals surface area (Å²) in [5, 5.41) is 0. The van der Waals surface area contributed by atoms with Crippen LogP contribution in [0.15, 0.2) is 16.8 Å². The Bertz CT molecular complexity index is 170. The maximum absolute atomic E-state index is 4.34. The van der Waals surface area contributed by atoms with Crippen molar-refractivity contribution >= 4 is 6.21 Å². The highest BCUT2D eigenvalue weighted by Gasteiger charge is 2.16. The number of allylic oxidation sites excluding steroid dienone is 2. The molecule has 1 aliphatic rings. The van der Waals surface area contributed by atoms with Gasteiger partial charge in [0.05, 0.1) is 0 Å². The van der Waals surface area contributed by atoms with Crippen molar-refractivity contribution in [2.24, 2.45) is 10.4 Å². The Labute approximate surface area is 62.9 Å². The van der Waals surface area contributed by atoms with Gasteiger partial charge in [-0.15, -0.1) is 0 Å². The molecule has 1 heteroatoms. The van der Waals surface area contributed by atoms with Gasteiger partial charge in [0.15, 0.2) is 0 Å². The monoisotopic (exact) mass is 137 g/mol. The van der Waals surface area contributed by atoms with Crippen LogP contribution in [0.5, 0.6) is 0 Å². The molecule has 0 aromatic carbocycles. The van der Waals surface area contributed by atoms with Crippen molar-refractivity contribution in [1.82, 2.24) is 0 Å². The van der Waals surface area contributed by atoms with E-state index in [4.69, 9.17) is 0 Å². The fourth-order valence-electron chi connectivity index (χ4n) is 1.01.